The summed E-state index contributed by atoms with van der Waals surface area (Å²) in [5.74, 6) is 1.92. The van der Waals surface area contributed by atoms with Gasteiger partial charge in [0, 0.05) is 0 Å². The predicted octanol–water partition coefficient (Wildman–Crippen LogP) is 1.67. The third-order valence-electron chi connectivity index (χ3n) is 2.30. The number of aliphatic hydroxyl groups excluding tert-OH is 1. The van der Waals surface area contributed by atoms with E-state index >= 15 is 0 Å². The van der Waals surface area contributed by atoms with Crippen LogP contribution in [0.2, 0.25) is 0 Å². The second-order valence-corrected chi connectivity index (χ2v) is 4.50. The van der Waals surface area contributed by atoms with Crippen LogP contribution in [0.1, 0.15) is 0 Å². The van der Waals surface area contributed by atoms with Crippen LogP contribution in [0.15, 0.2) is 41.2 Å². The van der Waals surface area contributed by atoms with Gasteiger partial charge in [-0.25, -0.2) is 4.99 Å². The van der Waals surface area contributed by atoms with E-state index in [-0.39, 0.29) is 0 Å². The minimum atomic E-state index is -0.874. The van der Waals surface area contributed by atoms with Crippen molar-refractivity contribution < 1.29 is 9.84 Å². The van der Waals surface area contributed by atoms with Crippen LogP contribution in [-0.4, -0.2) is 20.4 Å². The SMILES string of the molecule is OC1N=C2Nc3ccccc3OC2=CN1I. The molecule has 82 valence electrons. The molecule has 0 aromatic heterocycles. The molecule has 6 heteroatoms. The molecule has 2 N–H and O–H groups in total. The molecule has 0 fully saturated rings. The Bertz CT molecular complexity index is 456. The third kappa shape index (κ3) is 1.54. The summed E-state index contributed by atoms with van der Waals surface area (Å²) in [6, 6.07) is 7.59. The molecule has 0 amide bonds. The van der Waals surface area contributed by atoms with Crippen LogP contribution >= 0.6 is 22.9 Å². The lowest BCUT2D eigenvalue weighted by Crippen LogP contribution is -2.34. The van der Waals surface area contributed by atoms with Crippen molar-refractivity contribution in [1.82, 2.24) is 3.11 Å². The minimum absolute atomic E-state index is 0.555. The first kappa shape index (κ1) is 9.91. The number of para-hydroxylation sites is 2. The van der Waals surface area contributed by atoms with Crippen molar-refractivity contribution in [2.75, 3.05) is 5.32 Å². The van der Waals surface area contributed by atoms with E-state index in [0.29, 0.717) is 11.6 Å². The Hall–Kier alpha value is -1.28. The fourth-order valence-electron chi connectivity index (χ4n) is 1.55. The highest BCUT2D eigenvalue weighted by Crippen LogP contribution is 2.32. The molecular weight excluding hydrogens is 321 g/mol. The Morgan fingerprint density at radius 3 is 3.12 bits per heavy atom. The number of benzene rings is 1. The molecule has 0 saturated carbocycles. The van der Waals surface area contributed by atoms with Crippen molar-refractivity contribution in [2.24, 2.45) is 4.99 Å². The van der Waals surface area contributed by atoms with Crippen LogP contribution in [0, 0.1) is 0 Å². The molecule has 0 radical (unpaired) electrons. The quantitative estimate of drug-likeness (QED) is 0.562. The van der Waals surface area contributed by atoms with Crippen molar-refractivity contribution in [2.45, 2.75) is 6.35 Å². The van der Waals surface area contributed by atoms with Gasteiger partial charge in [0.05, 0.1) is 34.8 Å². The Kier molecular flexibility index (Phi) is 2.25. The van der Waals surface area contributed by atoms with E-state index in [0.717, 1.165) is 11.4 Å². The van der Waals surface area contributed by atoms with E-state index < -0.39 is 6.35 Å². The molecule has 0 aliphatic carbocycles. The molecule has 2 heterocycles. The average Bonchev–Trinajstić information content (AvgIpc) is 2.28. The van der Waals surface area contributed by atoms with Gasteiger partial charge in [0.2, 0.25) is 6.35 Å². The Labute approximate surface area is 106 Å². The van der Waals surface area contributed by atoms with Gasteiger partial charge in [-0.1, -0.05) is 12.1 Å². The number of hydrogen-bond donors (Lipinski definition) is 2. The smallest absolute Gasteiger partial charge is 0.235 e. The standard InChI is InChI=1S/C10H8IN3O2/c11-14-5-8-9(13-10(14)15)12-6-3-1-2-4-7(6)16-8/h1-5,10,15H,(H,12,13). The van der Waals surface area contributed by atoms with E-state index in [2.05, 4.69) is 10.3 Å². The first-order valence-electron chi connectivity index (χ1n) is 4.70. The zero-order valence-corrected chi connectivity index (χ0v) is 10.2. The van der Waals surface area contributed by atoms with Gasteiger partial charge >= 0.3 is 0 Å². The highest BCUT2D eigenvalue weighted by atomic mass is 127. The predicted molar refractivity (Wildman–Crippen MR) is 68.1 cm³/mol. The number of nitrogens with zero attached hydrogens (tertiary/aromatic N) is 2. The van der Waals surface area contributed by atoms with E-state index in [1.54, 1.807) is 9.31 Å². The van der Waals surface area contributed by atoms with Crippen molar-refractivity contribution in [1.29, 1.82) is 0 Å². The number of aliphatic imine (C=N–C) groups is 1. The van der Waals surface area contributed by atoms with E-state index in [9.17, 15) is 5.11 Å². The number of fused-ring (bicyclic) bond motifs is 2. The van der Waals surface area contributed by atoms with E-state index in [4.69, 9.17) is 4.74 Å². The molecule has 16 heavy (non-hydrogen) atoms. The summed E-state index contributed by atoms with van der Waals surface area (Å²) in [5, 5.41) is 12.7. The number of rotatable bonds is 0. The fourth-order valence-corrected chi connectivity index (χ4v) is 1.93. The number of hydrogen-bond acceptors (Lipinski definition) is 5. The van der Waals surface area contributed by atoms with Gasteiger partial charge in [0.25, 0.3) is 0 Å². The maximum Gasteiger partial charge on any atom is 0.235 e. The molecule has 0 bridgehead atoms. The van der Waals surface area contributed by atoms with Crippen LogP contribution in [0.25, 0.3) is 0 Å². The number of halogens is 1. The first-order valence-corrected chi connectivity index (χ1v) is 5.66. The maximum atomic E-state index is 9.56. The minimum Gasteiger partial charge on any atom is -0.450 e. The van der Waals surface area contributed by atoms with Gasteiger partial charge in [0.1, 0.15) is 0 Å². The third-order valence-corrected chi connectivity index (χ3v) is 3.08. The number of amidine groups is 1. The zero-order chi connectivity index (χ0) is 11.1. The summed E-state index contributed by atoms with van der Waals surface area (Å²) >= 11 is 1.96. The van der Waals surface area contributed by atoms with Gasteiger partial charge in [-0.2, -0.15) is 0 Å². The van der Waals surface area contributed by atoms with Crippen LogP contribution in [-0.2, 0) is 0 Å². The topological polar surface area (TPSA) is 57.1 Å². The number of aliphatic hydroxyl groups is 1. The lowest BCUT2D eigenvalue weighted by Gasteiger charge is -2.29. The van der Waals surface area contributed by atoms with Crippen LogP contribution in [0.3, 0.4) is 0 Å². The summed E-state index contributed by atoms with van der Waals surface area (Å²) in [7, 11) is 0. The summed E-state index contributed by atoms with van der Waals surface area (Å²) < 4.78 is 7.21. The molecule has 1 aromatic rings. The average molecular weight is 329 g/mol. The molecule has 5 nitrogen and oxygen atoms in total. The van der Waals surface area contributed by atoms with Gasteiger partial charge < -0.3 is 15.2 Å². The second-order valence-electron chi connectivity index (χ2n) is 3.38. The van der Waals surface area contributed by atoms with Crippen LogP contribution in [0.5, 0.6) is 5.75 Å². The van der Waals surface area contributed by atoms with E-state index in [1.807, 2.05) is 47.1 Å². The van der Waals surface area contributed by atoms with Crippen LogP contribution < -0.4 is 10.1 Å². The highest BCUT2D eigenvalue weighted by molar-refractivity contribution is 14.1. The normalized spacial score (nSPS) is 22.1. The fraction of sp³-hybridized carbons (Fsp3) is 0.100. The van der Waals surface area contributed by atoms with Gasteiger partial charge in [-0.05, 0) is 12.1 Å². The van der Waals surface area contributed by atoms with Crippen molar-refractivity contribution in [3.8, 4) is 5.75 Å². The van der Waals surface area contributed by atoms with Gasteiger partial charge in [-0.3, -0.25) is 3.11 Å². The number of nitrogens with one attached hydrogen (secondary N) is 1. The molecule has 1 aromatic carbocycles. The second kappa shape index (κ2) is 3.63. The summed E-state index contributed by atoms with van der Waals surface area (Å²) in [6.45, 7) is 0. The lowest BCUT2D eigenvalue weighted by molar-refractivity contribution is 0.112. The van der Waals surface area contributed by atoms with E-state index in [1.165, 1.54) is 0 Å². The Balaban J connectivity index is 2.03. The largest absolute Gasteiger partial charge is 0.450 e. The summed E-state index contributed by atoms with van der Waals surface area (Å²) in [5.41, 5.74) is 0.854. The number of ether oxygens (including phenoxy) is 1. The molecule has 0 saturated heterocycles. The van der Waals surface area contributed by atoms with Crippen molar-refractivity contribution in [3.63, 3.8) is 0 Å². The molecule has 1 unspecified atom stereocenters. The molecule has 3 rings (SSSR count). The molecule has 1 atom stereocenters. The Morgan fingerprint density at radius 2 is 2.25 bits per heavy atom. The summed E-state index contributed by atoms with van der Waals surface area (Å²) in [6.07, 6.45) is 0.831. The van der Waals surface area contributed by atoms with Crippen molar-refractivity contribution in [3.05, 3.63) is 36.2 Å². The Morgan fingerprint density at radius 1 is 1.44 bits per heavy atom. The molecule has 0 spiro atoms. The zero-order valence-electron chi connectivity index (χ0n) is 8.09. The molecule has 2 aliphatic heterocycles. The van der Waals surface area contributed by atoms with Gasteiger partial charge in [0.15, 0.2) is 17.3 Å². The van der Waals surface area contributed by atoms with Crippen LogP contribution in [0.4, 0.5) is 5.69 Å². The highest BCUT2D eigenvalue weighted by Gasteiger charge is 2.26. The molecular formula is C10H8IN3O2. The summed E-state index contributed by atoms with van der Waals surface area (Å²) in [4.78, 5) is 4.07. The lowest BCUT2D eigenvalue weighted by atomic mass is 10.2. The maximum absolute atomic E-state index is 9.56. The first-order chi connectivity index (χ1) is 7.74. The van der Waals surface area contributed by atoms with Crippen molar-refractivity contribution >= 4 is 34.4 Å². The number of anilines is 1. The molecule has 2 aliphatic rings. The van der Waals surface area contributed by atoms with Gasteiger partial charge in [-0.15, -0.1) is 0 Å². The monoisotopic (exact) mass is 329 g/mol.